The van der Waals surface area contributed by atoms with Crippen molar-refractivity contribution in [2.45, 2.75) is 25.2 Å². The molecule has 1 aromatic rings. The third kappa shape index (κ3) is 3.74. The number of nitrogens with one attached hydrogen (secondary N) is 1. The summed E-state index contributed by atoms with van der Waals surface area (Å²) in [5, 5.41) is 0. The predicted molar refractivity (Wildman–Crippen MR) is 65.7 cm³/mol. The lowest BCUT2D eigenvalue weighted by atomic mass is 10.2. The molecule has 2 rings (SSSR count). The smallest absolute Gasteiger partial charge is 0.348 e. The van der Waals surface area contributed by atoms with Crippen LogP contribution < -0.4 is 11.2 Å². The van der Waals surface area contributed by atoms with Crippen molar-refractivity contribution in [3.05, 3.63) is 45.0 Å². The third-order valence-corrected chi connectivity index (χ3v) is 3.25. The fourth-order valence-electron chi connectivity index (χ4n) is 1.85. The zero-order chi connectivity index (χ0) is 14.0. The van der Waals surface area contributed by atoms with E-state index >= 15 is 0 Å². The lowest BCUT2D eigenvalue weighted by molar-refractivity contribution is 0.0203. The van der Waals surface area contributed by atoms with Gasteiger partial charge in [-0.1, -0.05) is 0 Å². The quantitative estimate of drug-likeness (QED) is 0.668. The Hall–Kier alpha value is -1.47. The molecule has 9 heteroatoms. The minimum absolute atomic E-state index is 0.462. The molecular weight excluding hydrogens is 275 g/mol. The number of nitrogens with zero attached hydrogens (tertiary/aromatic N) is 1. The summed E-state index contributed by atoms with van der Waals surface area (Å²) >= 11 is 0. The van der Waals surface area contributed by atoms with Crippen molar-refractivity contribution in [3.63, 3.8) is 0 Å². The molecule has 19 heavy (non-hydrogen) atoms. The lowest BCUT2D eigenvalue weighted by Gasteiger charge is -2.13. The lowest BCUT2D eigenvalue weighted by Crippen LogP contribution is -2.31. The van der Waals surface area contributed by atoms with Gasteiger partial charge in [0.1, 0.15) is 6.23 Å². The number of aromatic amines is 1. The van der Waals surface area contributed by atoms with Crippen LogP contribution in [0, 0.1) is 0 Å². The van der Waals surface area contributed by atoms with Crippen molar-refractivity contribution in [1.82, 2.24) is 9.55 Å². The zero-order valence-electron chi connectivity index (χ0n) is 9.80. The van der Waals surface area contributed by atoms with Crippen LogP contribution in [0.1, 0.15) is 19.1 Å². The Morgan fingerprint density at radius 2 is 2.16 bits per heavy atom. The maximum absolute atomic E-state index is 11.5. The second-order valence-electron chi connectivity index (χ2n) is 4.15. The molecule has 1 aliphatic heterocycles. The molecule has 2 heterocycles. The van der Waals surface area contributed by atoms with Gasteiger partial charge in [0.2, 0.25) is 0 Å². The zero-order valence-corrected chi connectivity index (χ0v) is 10.7. The number of hydrogen-bond acceptors (Lipinski definition) is 4. The molecule has 8 nitrogen and oxygen atoms in total. The Balaban J connectivity index is 2.10. The maximum Gasteiger partial charge on any atom is 0.348 e. The molecule has 1 fully saturated rings. The summed E-state index contributed by atoms with van der Waals surface area (Å²) in [6, 6.07) is 1.21. The molecule has 0 radical (unpaired) electrons. The van der Waals surface area contributed by atoms with E-state index in [1.807, 2.05) is 0 Å². The van der Waals surface area contributed by atoms with Gasteiger partial charge in [0.15, 0.2) is 0 Å². The molecule has 0 bridgehead atoms. The summed E-state index contributed by atoms with van der Waals surface area (Å²) in [6.45, 7) is 0. The summed E-state index contributed by atoms with van der Waals surface area (Å²) in [6.07, 6.45) is 2.67. The fourth-order valence-corrected chi connectivity index (χ4v) is 2.27. The van der Waals surface area contributed by atoms with Crippen LogP contribution in [0.5, 0.6) is 0 Å². The summed E-state index contributed by atoms with van der Waals surface area (Å²) in [7, 11) is -4.20. The molecule has 1 saturated heterocycles. The van der Waals surface area contributed by atoms with E-state index in [9.17, 15) is 14.2 Å². The molecule has 0 saturated carbocycles. The summed E-state index contributed by atoms with van der Waals surface area (Å²) in [5.74, 6) is 0.787. The van der Waals surface area contributed by atoms with Crippen LogP contribution in [0.15, 0.2) is 33.7 Å². The Morgan fingerprint density at radius 3 is 2.79 bits per heavy atom. The number of rotatable bonds is 3. The minimum Gasteiger partial charge on any atom is -0.351 e. The second-order valence-corrected chi connectivity index (χ2v) is 5.63. The van der Waals surface area contributed by atoms with Crippen LogP contribution in [-0.2, 0) is 9.30 Å². The van der Waals surface area contributed by atoms with Crippen LogP contribution >= 0.6 is 7.60 Å². The van der Waals surface area contributed by atoms with E-state index in [2.05, 4.69) is 4.98 Å². The average Bonchev–Trinajstić information content (AvgIpc) is 2.74. The van der Waals surface area contributed by atoms with E-state index in [-0.39, 0.29) is 0 Å². The van der Waals surface area contributed by atoms with Crippen molar-refractivity contribution in [1.29, 1.82) is 0 Å². The van der Waals surface area contributed by atoms with Crippen LogP contribution in [0.25, 0.3) is 0 Å². The van der Waals surface area contributed by atoms with Gasteiger partial charge in [-0.05, 0) is 18.9 Å². The van der Waals surface area contributed by atoms with E-state index < -0.39 is 31.2 Å². The topological polar surface area (TPSA) is 122 Å². The van der Waals surface area contributed by atoms with Crippen LogP contribution in [0.2, 0.25) is 0 Å². The van der Waals surface area contributed by atoms with Gasteiger partial charge in [-0.2, -0.15) is 0 Å². The maximum atomic E-state index is 11.5. The fraction of sp³-hybridized carbons (Fsp3) is 0.400. The molecule has 2 atom stereocenters. The molecule has 1 aliphatic rings. The number of aromatic nitrogens is 2. The summed E-state index contributed by atoms with van der Waals surface area (Å²) < 4.78 is 17.4. The van der Waals surface area contributed by atoms with Gasteiger partial charge < -0.3 is 14.5 Å². The van der Waals surface area contributed by atoms with Gasteiger partial charge in [-0.3, -0.25) is 18.9 Å². The van der Waals surface area contributed by atoms with E-state index in [1.165, 1.54) is 22.9 Å². The Morgan fingerprint density at radius 1 is 1.42 bits per heavy atom. The molecular formula is C10H13N2O6P. The van der Waals surface area contributed by atoms with Gasteiger partial charge in [-0.25, -0.2) is 4.79 Å². The van der Waals surface area contributed by atoms with Crippen LogP contribution in [-0.4, -0.2) is 25.4 Å². The van der Waals surface area contributed by atoms with Gasteiger partial charge in [0.25, 0.3) is 5.56 Å². The number of H-pyrrole nitrogens is 1. The predicted octanol–water partition coefficient (Wildman–Crippen LogP) is -0.0944. The van der Waals surface area contributed by atoms with Gasteiger partial charge in [0, 0.05) is 18.1 Å². The van der Waals surface area contributed by atoms with E-state index in [1.54, 1.807) is 0 Å². The van der Waals surface area contributed by atoms with Crippen molar-refractivity contribution >= 4 is 7.60 Å². The van der Waals surface area contributed by atoms with E-state index in [4.69, 9.17) is 14.5 Å². The molecule has 1 aromatic heterocycles. The molecule has 0 aromatic carbocycles. The molecule has 0 spiro atoms. The van der Waals surface area contributed by atoms with E-state index in [0.717, 1.165) is 5.82 Å². The first-order valence-electron chi connectivity index (χ1n) is 5.57. The highest BCUT2D eigenvalue weighted by Crippen LogP contribution is 2.37. The minimum atomic E-state index is -4.20. The normalized spacial score (nSPS) is 24.1. The molecule has 3 N–H and O–H groups in total. The first-order chi connectivity index (χ1) is 8.85. The van der Waals surface area contributed by atoms with Crippen LogP contribution in [0.4, 0.5) is 0 Å². The monoisotopic (exact) mass is 288 g/mol. The Kier molecular flexibility index (Phi) is 3.86. The van der Waals surface area contributed by atoms with E-state index in [0.29, 0.717) is 12.8 Å². The van der Waals surface area contributed by atoms with Gasteiger partial charge in [0.05, 0.1) is 6.10 Å². The Labute approximate surface area is 107 Å². The molecule has 0 aliphatic carbocycles. The number of hydrogen-bond donors (Lipinski definition) is 3. The number of ether oxygens (including phenoxy) is 1. The summed E-state index contributed by atoms with van der Waals surface area (Å²) in [5.41, 5.74) is -1.06. The molecule has 0 unspecified atom stereocenters. The highest BCUT2D eigenvalue weighted by atomic mass is 31.2. The van der Waals surface area contributed by atoms with Crippen molar-refractivity contribution < 1.29 is 19.1 Å². The van der Waals surface area contributed by atoms with Gasteiger partial charge >= 0.3 is 13.3 Å². The average molecular weight is 288 g/mol. The molecule has 0 amide bonds. The largest absolute Gasteiger partial charge is 0.351 e. The highest BCUT2D eigenvalue weighted by molar-refractivity contribution is 7.55. The SMILES string of the molecule is O=c1ccn([C@H]2CC[C@@H](/C=C/P(=O)(O)O)O2)c(=O)[nH]1. The second kappa shape index (κ2) is 5.26. The Bertz CT molecular complexity index is 642. The van der Waals surface area contributed by atoms with Crippen molar-refractivity contribution in [3.8, 4) is 0 Å². The third-order valence-electron chi connectivity index (χ3n) is 2.69. The summed E-state index contributed by atoms with van der Waals surface area (Å²) in [4.78, 5) is 42.0. The van der Waals surface area contributed by atoms with Gasteiger partial charge in [-0.15, -0.1) is 0 Å². The van der Waals surface area contributed by atoms with Crippen molar-refractivity contribution in [2.24, 2.45) is 0 Å². The first kappa shape index (κ1) is 14.0. The standard InChI is InChI=1S/C10H13N2O6P/c13-8-3-5-12(10(14)11-8)9-2-1-7(18-9)4-6-19(15,16)17/h3-7,9H,1-2H2,(H,11,13,14)(H2,15,16,17)/b6-4+/t7-,9+/m0/s1. The first-order valence-corrected chi connectivity index (χ1v) is 7.25. The van der Waals surface area contributed by atoms with Crippen molar-refractivity contribution in [2.75, 3.05) is 0 Å². The van der Waals surface area contributed by atoms with Crippen LogP contribution in [0.3, 0.4) is 0 Å². The highest BCUT2D eigenvalue weighted by Gasteiger charge is 2.26. The molecule has 104 valence electrons.